The first kappa shape index (κ1) is 15.7. The second-order valence-electron chi connectivity index (χ2n) is 6.01. The van der Waals surface area contributed by atoms with Gasteiger partial charge >= 0.3 is 0 Å². The van der Waals surface area contributed by atoms with Gasteiger partial charge in [0.1, 0.15) is 12.1 Å². The smallest absolute Gasteiger partial charge is 0.245 e. The van der Waals surface area contributed by atoms with Gasteiger partial charge in [-0.2, -0.15) is 4.98 Å². The van der Waals surface area contributed by atoms with E-state index in [4.69, 9.17) is 9.26 Å². The van der Waals surface area contributed by atoms with Crippen molar-refractivity contribution in [2.75, 3.05) is 18.5 Å². The van der Waals surface area contributed by atoms with E-state index in [1.54, 1.807) is 6.33 Å². The standard InChI is InChI=1S/C18H19N5O2/c1-2-4-13(5-3-1)8-17-22-18(25-23-17)10-19-16-9-15(20-12-21-16)14-6-7-24-11-14/h1-5,9,12,14H,6-8,10-11H2,(H,19,20,21)/t14-/m1/s1. The average molecular weight is 337 g/mol. The number of nitrogens with zero attached hydrogens (tertiary/aromatic N) is 4. The molecule has 0 amide bonds. The van der Waals surface area contributed by atoms with Crippen molar-refractivity contribution in [2.24, 2.45) is 0 Å². The number of hydrogen-bond donors (Lipinski definition) is 1. The summed E-state index contributed by atoms with van der Waals surface area (Å²) in [6.45, 7) is 1.95. The van der Waals surface area contributed by atoms with Crippen LogP contribution in [0.5, 0.6) is 0 Å². The lowest BCUT2D eigenvalue weighted by Crippen LogP contribution is -2.06. The van der Waals surface area contributed by atoms with E-state index >= 15 is 0 Å². The predicted octanol–water partition coefficient (Wildman–Crippen LogP) is 2.57. The molecule has 1 aromatic carbocycles. The minimum atomic E-state index is 0.351. The van der Waals surface area contributed by atoms with Crippen LogP contribution >= 0.6 is 0 Å². The van der Waals surface area contributed by atoms with Gasteiger partial charge in [0.2, 0.25) is 5.89 Å². The Morgan fingerprint density at radius 1 is 1.16 bits per heavy atom. The molecule has 1 fully saturated rings. The Labute approximate surface area is 145 Å². The van der Waals surface area contributed by atoms with Crippen LogP contribution in [0.15, 0.2) is 47.2 Å². The largest absolute Gasteiger partial charge is 0.381 e. The molecular weight excluding hydrogens is 318 g/mol. The number of benzene rings is 1. The van der Waals surface area contributed by atoms with Crippen molar-refractivity contribution in [3.63, 3.8) is 0 Å². The van der Waals surface area contributed by atoms with Crippen LogP contribution < -0.4 is 5.32 Å². The molecule has 0 saturated carbocycles. The molecule has 3 aromatic rings. The van der Waals surface area contributed by atoms with E-state index < -0.39 is 0 Å². The summed E-state index contributed by atoms with van der Waals surface area (Å²) in [5.74, 6) is 2.31. The van der Waals surface area contributed by atoms with Crippen LogP contribution in [0.4, 0.5) is 5.82 Å². The van der Waals surface area contributed by atoms with E-state index in [9.17, 15) is 0 Å². The third kappa shape index (κ3) is 4.00. The normalized spacial score (nSPS) is 16.9. The first-order chi connectivity index (χ1) is 12.4. The van der Waals surface area contributed by atoms with Gasteiger partial charge in [-0.15, -0.1) is 0 Å². The summed E-state index contributed by atoms with van der Waals surface area (Å²) in [6.07, 6.45) is 3.23. The Balaban J connectivity index is 1.36. The lowest BCUT2D eigenvalue weighted by atomic mass is 10.1. The first-order valence-corrected chi connectivity index (χ1v) is 8.36. The molecule has 7 nitrogen and oxygen atoms in total. The monoisotopic (exact) mass is 337 g/mol. The molecule has 3 heterocycles. The molecule has 2 aromatic heterocycles. The molecule has 1 aliphatic rings. The maximum absolute atomic E-state index is 5.42. The number of hydrogen-bond acceptors (Lipinski definition) is 7. The van der Waals surface area contributed by atoms with Crippen LogP contribution in [0.25, 0.3) is 0 Å². The summed E-state index contributed by atoms with van der Waals surface area (Å²) in [5, 5.41) is 7.24. The predicted molar refractivity (Wildman–Crippen MR) is 91.1 cm³/mol. The fourth-order valence-electron chi connectivity index (χ4n) is 2.84. The highest BCUT2D eigenvalue weighted by Crippen LogP contribution is 2.24. The minimum Gasteiger partial charge on any atom is -0.381 e. The lowest BCUT2D eigenvalue weighted by molar-refractivity contribution is 0.193. The molecule has 1 saturated heterocycles. The highest BCUT2D eigenvalue weighted by Gasteiger charge is 2.19. The average Bonchev–Trinajstić information content (AvgIpc) is 3.33. The molecule has 0 spiro atoms. The quantitative estimate of drug-likeness (QED) is 0.740. The van der Waals surface area contributed by atoms with E-state index in [0.717, 1.165) is 36.7 Å². The third-order valence-corrected chi connectivity index (χ3v) is 4.17. The zero-order chi connectivity index (χ0) is 16.9. The summed E-state index contributed by atoms with van der Waals surface area (Å²) in [7, 11) is 0. The topological polar surface area (TPSA) is 86.0 Å². The number of nitrogens with one attached hydrogen (secondary N) is 1. The van der Waals surface area contributed by atoms with E-state index in [1.165, 1.54) is 0 Å². The fourth-order valence-corrected chi connectivity index (χ4v) is 2.84. The maximum Gasteiger partial charge on any atom is 0.245 e. The lowest BCUT2D eigenvalue weighted by Gasteiger charge is -2.08. The molecule has 0 bridgehead atoms. The van der Waals surface area contributed by atoms with Crippen LogP contribution in [-0.2, 0) is 17.7 Å². The minimum absolute atomic E-state index is 0.351. The Bertz CT molecular complexity index is 815. The first-order valence-electron chi connectivity index (χ1n) is 8.36. The Morgan fingerprint density at radius 3 is 2.92 bits per heavy atom. The molecule has 25 heavy (non-hydrogen) atoms. The molecule has 1 N–H and O–H groups in total. The van der Waals surface area contributed by atoms with E-state index in [0.29, 0.717) is 30.6 Å². The van der Waals surface area contributed by atoms with E-state index in [-0.39, 0.29) is 0 Å². The molecule has 1 aliphatic heterocycles. The molecular formula is C18H19N5O2. The highest BCUT2D eigenvalue weighted by atomic mass is 16.5. The van der Waals surface area contributed by atoms with Crippen molar-refractivity contribution in [3.05, 3.63) is 65.7 Å². The third-order valence-electron chi connectivity index (χ3n) is 4.17. The Hall–Kier alpha value is -2.80. The van der Waals surface area contributed by atoms with Crippen LogP contribution in [-0.4, -0.2) is 33.3 Å². The van der Waals surface area contributed by atoms with Crippen molar-refractivity contribution in [3.8, 4) is 0 Å². The van der Waals surface area contributed by atoms with Gasteiger partial charge in [0.05, 0.1) is 18.8 Å². The Kier molecular flexibility index (Phi) is 4.65. The summed E-state index contributed by atoms with van der Waals surface area (Å²) >= 11 is 0. The van der Waals surface area contributed by atoms with Crippen molar-refractivity contribution >= 4 is 5.82 Å². The van der Waals surface area contributed by atoms with Crippen molar-refractivity contribution < 1.29 is 9.26 Å². The van der Waals surface area contributed by atoms with Crippen LogP contribution in [0.3, 0.4) is 0 Å². The number of rotatable bonds is 6. The van der Waals surface area contributed by atoms with Gasteiger partial charge in [-0.25, -0.2) is 9.97 Å². The van der Waals surface area contributed by atoms with Crippen molar-refractivity contribution in [2.45, 2.75) is 25.3 Å². The van der Waals surface area contributed by atoms with Gasteiger partial charge < -0.3 is 14.6 Å². The fraction of sp³-hybridized carbons (Fsp3) is 0.333. The summed E-state index contributed by atoms with van der Waals surface area (Å²) in [6, 6.07) is 12.0. The maximum atomic E-state index is 5.42. The van der Waals surface area contributed by atoms with Crippen molar-refractivity contribution in [1.29, 1.82) is 0 Å². The number of ether oxygens (including phenoxy) is 1. The van der Waals surface area contributed by atoms with Gasteiger partial charge in [-0.1, -0.05) is 35.5 Å². The van der Waals surface area contributed by atoms with Crippen LogP contribution in [0, 0.1) is 0 Å². The summed E-state index contributed by atoms with van der Waals surface area (Å²) < 4.78 is 10.7. The van der Waals surface area contributed by atoms with Crippen molar-refractivity contribution in [1.82, 2.24) is 20.1 Å². The molecule has 0 radical (unpaired) electrons. The van der Waals surface area contributed by atoms with Crippen LogP contribution in [0.1, 0.15) is 35.3 Å². The van der Waals surface area contributed by atoms with Gasteiger partial charge in [-0.3, -0.25) is 0 Å². The van der Waals surface area contributed by atoms with Crippen LogP contribution in [0.2, 0.25) is 0 Å². The second-order valence-corrected chi connectivity index (χ2v) is 6.01. The van der Waals surface area contributed by atoms with Gasteiger partial charge in [0, 0.05) is 25.0 Å². The summed E-state index contributed by atoms with van der Waals surface area (Å²) in [4.78, 5) is 13.0. The second kappa shape index (κ2) is 7.40. The van der Waals surface area contributed by atoms with E-state index in [2.05, 4.69) is 25.4 Å². The molecule has 1 atom stereocenters. The number of anilines is 1. The Morgan fingerprint density at radius 2 is 2.08 bits per heavy atom. The van der Waals surface area contributed by atoms with Gasteiger partial charge in [-0.05, 0) is 12.0 Å². The molecule has 7 heteroatoms. The molecule has 4 rings (SSSR count). The van der Waals surface area contributed by atoms with Gasteiger partial charge in [0.15, 0.2) is 5.82 Å². The highest BCUT2D eigenvalue weighted by molar-refractivity contribution is 5.36. The molecule has 128 valence electrons. The van der Waals surface area contributed by atoms with Gasteiger partial charge in [0.25, 0.3) is 0 Å². The SMILES string of the molecule is c1ccc(Cc2noc(CNc3cc([C@@H]4CCOC4)ncn3)n2)cc1. The zero-order valence-electron chi connectivity index (χ0n) is 13.8. The number of aromatic nitrogens is 4. The molecule has 0 unspecified atom stereocenters. The summed E-state index contributed by atoms with van der Waals surface area (Å²) in [5.41, 5.74) is 2.16. The zero-order valence-corrected chi connectivity index (χ0v) is 13.8. The molecule has 0 aliphatic carbocycles. The van der Waals surface area contributed by atoms with E-state index in [1.807, 2.05) is 36.4 Å².